The van der Waals surface area contributed by atoms with Crippen LogP contribution in [0.2, 0.25) is 0 Å². The molecule has 5 nitrogen and oxygen atoms in total. The summed E-state index contributed by atoms with van der Waals surface area (Å²) in [6.45, 7) is 3.14. The fourth-order valence-corrected chi connectivity index (χ4v) is 4.41. The summed E-state index contributed by atoms with van der Waals surface area (Å²) in [4.78, 5) is 13.2. The Balaban J connectivity index is 2.17. The van der Waals surface area contributed by atoms with Crippen LogP contribution in [0.5, 0.6) is 0 Å². The Hall–Kier alpha value is -1.40. The quantitative estimate of drug-likeness (QED) is 0.889. The number of carbonyl (C=O) groups is 1. The van der Waals surface area contributed by atoms with Gasteiger partial charge in [-0.05, 0) is 24.6 Å². The number of hydrogen-bond donors (Lipinski definition) is 1. The Morgan fingerprint density at radius 1 is 1.40 bits per heavy atom. The van der Waals surface area contributed by atoms with E-state index >= 15 is 0 Å². The molecule has 0 saturated carbocycles. The van der Waals surface area contributed by atoms with Gasteiger partial charge in [-0.25, -0.2) is 13.2 Å². The van der Waals surface area contributed by atoms with Gasteiger partial charge in [0.25, 0.3) is 0 Å². The third-order valence-corrected chi connectivity index (χ3v) is 5.50. The first kappa shape index (κ1) is 15.0. The average Bonchev–Trinajstić information content (AvgIpc) is 2.76. The zero-order chi connectivity index (χ0) is 14.8. The fraction of sp³-hybridized carbons (Fsp3) is 0.500. The minimum atomic E-state index is -2.93. The molecule has 20 heavy (non-hydrogen) atoms. The van der Waals surface area contributed by atoms with Crippen LogP contribution in [0.1, 0.15) is 29.3 Å². The van der Waals surface area contributed by atoms with Gasteiger partial charge in [0.05, 0.1) is 17.1 Å². The van der Waals surface area contributed by atoms with Crippen molar-refractivity contribution < 1.29 is 18.3 Å². The van der Waals surface area contributed by atoms with Crippen LogP contribution in [-0.2, 0) is 16.4 Å². The van der Waals surface area contributed by atoms with Crippen molar-refractivity contribution in [2.75, 3.05) is 18.1 Å². The highest BCUT2D eigenvalue weighted by Gasteiger charge is 2.31. The molecule has 0 aromatic heterocycles. The molecule has 0 amide bonds. The maximum atomic E-state index is 11.6. The maximum absolute atomic E-state index is 11.6. The summed E-state index contributed by atoms with van der Waals surface area (Å²) in [5, 5.41) is 9.19. The second-order valence-electron chi connectivity index (χ2n) is 5.08. The first-order chi connectivity index (χ1) is 9.43. The lowest BCUT2D eigenvalue weighted by atomic mass is 10.1. The highest BCUT2D eigenvalue weighted by Crippen LogP contribution is 2.21. The van der Waals surface area contributed by atoms with E-state index in [1.165, 1.54) is 0 Å². The highest BCUT2D eigenvalue weighted by atomic mass is 32.2. The van der Waals surface area contributed by atoms with Crippen LogP contribution in [0, 0.1) is 0 Å². The average molecular weight is 297 g/mol. The van der Waals surface area contributed by atoms with Gasteiger partial charge in [0, 0.05) is 12.6 Å². The lowest BCUT2D eigenvalue weighted by Gasteiger charge is -2.27. The Morgan fingerprint density at radius 2 is 2.10 bits per heavy atom. The normalized spacial score (nSPS) is 21.2. The Kier molecular flexibility index (Phi) is 4.45. The van der Waals surface area contributed by atoms with Crippen molar-refractivity contribution in [2.24, 2.45) is 0 Å². The monoisotopic (exact) mass is 297 g/mol. The summed E-state index contributed by atoms with van der Waals surface area (Å²) in [6.07, 6.45) is 0.630. The lowest BCUT2D eigenvalue weighted by molar-refractivity contribution is 0.0693. The molecule has 0 bridgehead atoms. The van der Waals surface area contributed by atoms with E-state index in [0.717, 1.165) is 5.56 Å². The summed E-state index contributed by atoms with van der Waals surface area (Å²) in [6, 6.07) is 6.86. The largest absolute Gasteiger partial charge is 0.478 e. The van der Waals surface area contributed by atoms with Crippen LogP contribution in [0.3, 0.4) is 0 Å². The van der Waals surface area contributed by atoms with Crippen molar-refractivity contribution in [1.29, 1.82) is 0 Å². The molecule has 1 aliphatic heterocycles. The van der Waals surface area contributed by atoms with Gasteiger partial charge in [0.2, 0.25) is 0 Å². The molecule has 1 N–H and O–H groups in total. The molecule has 2 rings (SSSR count). The predicted octanol–water partition coefficient (Wildman–Crippen LogP) is 1.39. The number of carboxylic acids is 1. The summed E-state index contributed by atoms with van der Waals surface area (Å²) < 4.78 is 23.1. The van der Waals surface area contributed by atoms with Crippen LogP contribution in [0.4, 0.5) is 0 Å². The van der Waals surface area contributed by atoms with Crippen LogP contribution in [0.15, 0.2) is 24.3 Å². The number of aromatic carboxylic acids is 1. The van der Waals surface area contributed by atoms with Crippen LogP contribution < -0.4 is 0 Å². The summed E-state index contributed by atoms with van der Waals surface area (Å²) >= 11 is 0. The third kappa shape index (κ3) is 3.37. The van der Waals surface area contributed by atoms with Gasteiger partial charge >= 0.3 is 5.97 Å². The van der Waals surface area contributed by atoms with E-state index < -0.39 is 15.8 Å². The van der Waals surface area contributed by atoms with E-state index in [1.54, 1.807) is 24.3 Å². The van der Waals surface area contributed by atoms with Gasteiger partial charge in [0.15, 0.2) is 9.84 Å². The summed E-state index contributed by atoms with van der Waals surface area (Å²) in [5.41, 5.74) is 1.01. The number of carboxylic acid groups (broad SMARTS) is 1. The van der Waals surface area contributed by atoms with Crippen molar-refractivity contribution in [3.8, 4) is 0 Å². The Bertz CT molecular complexity index is 597. The number of nitrogens with zero attached hydrogens (tertiary/aromatic N) is 1. The maximum Gasteiger partial charge on any atom is 0.336 e. The molecule has 1 saturated heterocycles. The van der Waals surface area contributed by atoms with Gasteiger partial charge in [-0.3, -0.25) is 4.90 Å². The summed E-state index contributed by atoms with van der Waals surface area (Å²) in [5.74, 6) is -0.541. The molecule has 0 aliphatic carbocycles. The molecular weight excluding hydrogens is 278 g/mol. The molecule has 1 unspecified atom stereocenters. The van der Waals surface area contributed by atoms with Crippen molar-refractivity contribution in [1.82, 2.24) is 4.90 Å². The fourth-order valence-electron chi connectivity index (χ4n) is 2.65. The predicted molar refractivity (Wildman–Crippen MR) is 76.5 cm³/mol. The zero-order valence-corrected chi connectivity index (χ0v) is 12.3. The molecule has 1 fully saturated rings. The van der Waals surface area contributed by atoms with Gasteiger partial charge in [-0.15, -0.1) is 0 Å². The Morgan fingerprint density at radius 3 is 2.65 bits per heavy atom. The highest BCUT2D eigenvalue weighted by molar-refractivity contribution is 7.91. The number of hydrogen-bond acceptors (Lipinski definition) is 4. The Labute approximate surface area is 119 Å². The van der Waals surface area contributed by atoms with Gasteiger partial charge in [-0.1, -0.05) is 25.1 Å². The molecule has 1 atom stereocenters. The molecule has 6 heteroatoms. The van der Waals surface area contributed by atoms with E-state index in [2.05, 4.69) is 0 Å². The number of benzene rings is 1. The molecular formula is C14H19NO4S. The second-order valence-corrected chi connectivity index (χ2v) is 7.31. The number of sulfone groups is 1. The molecule has 0 radical (unpaired) electrons. The smallest absolute Gasteiger partial charge is 0.336 e. The molecule has 1 aromatic rings. The SMILES string of the molecule is CCN(Cc1ccccc1C(=O)O)C1CCS(=O)(=O)C1. The van der Waals surface area contributed by atoms with E-state index in [4.69, 9.17) is 0 Å². The van der Waals surface area contributed by atoms with Gasteiger partial charge < -0.3 is 5.11 Å². The van der Waals surface area contributed by atoms with Gasteiger partial charge in [-0.2, -0.15) is 0 Å². The molecule has 1 aliphatic rings. The zero-order valence-electron chi connectivity index (χ0n) is 11.4. The number of rotatable bonds is 5. The minimum Gasteiger partial charge on any atom is -0.478 e. The van der Waals surface area contributed by atoms with E-state index in [1.807, 2.05) is 11.8 Å². The van der Waals surface area contributed by atoms with Crippen molar-refractivity contribution in [3.05, 3.63) is 35.4 Å². The van der Waals surface area contributed by atoms with Gasteiger partial charge in [0.1, 0.15) is 0 Å². The first-order valence-corrected chi connectivity index (χ1v) is 8.50. The standard InChI is InChI=1S/C14H19NO4S/c1-2-15(12-7-8-20(18,19)10-12)9-11-5-3-4-6-13(11)14(16)17/h3-6,12H,2,7-10H2,1H3,(H,16,17). The molecule has 0 spiro atoms. The first-order valence-electron chi connectivity index (χ1n) is 6.68. The van der Waals surface area contributed by atoms with E-state index in [-0.39, 0.29) is 23.1 Å². The minimum absolute atomic E-state index is 0.00755. The van der Waals surface area contributed by atoms with Crippen LogP contribution in [-0.4, -0.2) is 48.5 Å². The lowest BCUT2D eigenvalue weighted by Crippen LogP contribution is -2.35. The van der Waals surface area contributed by atoms with E-state index in [9.17, 15) is 18.3 Å². The molecule has 110 valence electrons. The summed E-state index contributed by atoms with van der Waals surface area (Å²) in [7, 11) is -2.93. The third-order valence-electron chi connectivity index (χ3n) is 3.75. The van der Waals surface area contributed by atoms with E-state index in [0.29, 0.717) is 19.5 Å². The van der Waals surface area contributed by atoms with Crippen molar-refractivity contribution >= 4 is 15.8 Å². The molecule has 1 aromatic carbocycles. The van der Waals surface area contributed by atoms with Crippen molar-refractivity contribution in [2.45, 2.75) is 25.9 Å². The molecule has 1 heterocycles. The van der Waals surface area contributed by atoms with Crippen molar-refractivity contribution in [3.63, 3.8) is 0 Å². The van der Waals surface area contributed by atoms with Crippen LogP contribution >= 0.6 is 0 Å². The topological polar surface area (TPSA) is 74.7 Å². The second kappa shape index (κ2) is 5.93. The van der Waals surface area contributed by atoms with Crippen LogP contribution in [0.25, 0.3) is 0 Å².